The lowest BCUT2D eigenvalue weighted by Crippen LogP contribution is -2.12. The molecule has 0 aliphatic heterocycles. The molecule has 0 bridgehead atoms. The van der Waals surface area contributed by atoms with Gasteiger partial charge in [-0.15, -0.1) is 0 Å². The Labute approximate surface area is 118 Å². The lowest BCUT2D eigenvalue weighted by Gasteiger charge is -2.09. The number of nitrogens with one attached hydrogen (secondary N) is 2. The fourth-order valence-electron chi connectivity index (χ4n) is 1.53. The Kier molecular flexibility index (Phi) is 5.83. The molecule has 1 aromatic carbocycles. The molecule has 4 nitrogen and oxygen atoms in total. The number of carbonyl (C=O) groups is 2. The number of anilines is 2. The van der Waals surface area contributed by atoms with Gasteiger partial charge in [-0.1, -0.05) is 25.4 Å². The summed E-state index contributed by atoms with van der Waals surface area (Å²) in [6, 6.07) is 5.01. The van der Waals surface area contributed by atoms with E-state index in [0.29, 0.717) is 28.7 Å². The molecule has 0 heterocycles. The van der Waals surface area contributed by atoms with Gasteiger partial charge >= 0.3 is 0 Å². The Morgan fingerprint density at radius 2 is 1.95 bits per heavy atom. The van der Waals surface area contributed by atoms with Gasteiger partial charge < -0.3 is 10.6 Å². The second-order valence-corrected chi connectivity index (χ2v) is 5.26. The van der Waals surface area contributed by atoms with Crippen molar-refractivity contribution in [3.63, 3.8) is 0 Å². The molecular weight excluding hydrogens is 264 g/mol. The summed E-state index contributed by atoms with van der Waals surface area (Å²) in [6.07, 6.45) is 1.34. The first kappa shape index (κ1) is 15.5. The molecule has 1 aromatic rings. The minimum Gasteiger partial charge on any atom is -0.326 e. The van der Waals surface area contributed by atoms with E-state index in [2.05, 4.69) is 24.5 Å². The van der Waals surface area contributed by atoms with E-state index in [1.165, 1.54) is 6.92 Å². The van der Waals surface area contributed by atoms with Crippen molar-refractivity contribution in [1.29, 1.82) is 0 Å². The highest BCUT2D eigenvalue weighted by Gasteiger charge is 2.07. The van der Waals surface area contributed by atoms with Crippen molar-refractivity contribution in [2.75, 3.05) is 10.6 Å². The predicted octanol–water partition coefficient (Wildman–Crippen LogP) is 3.67. The SMILES string of the molecule is CC(=O)Nc1ccc(NC(=O)CCC(C)C)cc1Cl. The molecule has 0 aliphatic carbocycles. The minimum absolute atomic E-state index is 0.0305. The number of amides is 2. The predicted molar refractivity (Wildman–Crippen MR) is 78.5 cm³/mol. The fraction of sp³-hybridized carbons (Fsp3) is 0.429. The van der Waals surface area contributed by atoms with Gasteiger partial charge in [0.05, 0.1) is 10.7 Å². The van der Waals surface area contributed by atoms with Gasteiger partial charge in [0.25, 0.3) is 0 Å². The summed E-state index contributed by atoms with van der Waals surface area (Å²) in [5.41, 5.74) is 1.17. The van der Waals surface area contributed by atoms with Crippen LogP contribution in [0.5, 0.6) is 0 Å². The van der Waals surface area contributed by atoms with E-state index < -0.39 is 0 Å². The Morgan fingerprint density at radius 3 is 2.47 bits per heavy atom. The zero-order valence-corrected chi connectivity index (χ0v) is 12.2. The number of rotatable bonds is 5. The van der Waals surface area contributed by atoms with Crippen LogP contribution >= 0.6 is 11.6 Å². The van der Waals surface area contributed by atoms with E-state index in [9.17, 15) is 9.59 Å². The molecule has 104 valence electrons. The standard InChI is InChI=1S/C14H19ClN2O2/c1-9(2)4-7-14(19)17-11-5-6-13(12(15)8-11)16-10(3)18/h5-6,8-9H,4,7H2,1-3H3,(H,16,18)(H,17,19). The molecule has 0 saturated heterocycles. The van der Waals surface area contributed by atoms with E-state index in [1.54, 1.807) is 18.2 Å². The van der Waals surface area contributed by atoms with Crippen LogP contribution in [0.25, 0.3) is 0 Å². The molecule has 0 atom stereocenters. The van der Waals surface area contributed by atoms with Crippen molar-refractivity contribution in [3.8, 4) is 0 Å². The first-order valence-electron chi connectivity index (χ1n) is 6.25. The first-order valence-corrected chi connectivity index (χ1v) is 6.63. The molecule has 19 heavy (non-hydrogen) atoms. The molecule has 0 aliphatic rings. The second kappa shape index (κ2) is 7.14. The molecular formula is C14H19ClN2O2. The van der Waals surface area contributed by atoms with Gasteiger partial charge in [0.15, 0.2) is 0 Å². The summed E-state index contributed by atoms with van der Waals surface area (Å²) in [6.45, 7) is 5.57. The Hall–Kier alpha value is -1.55. The minimum atomic E-state index is -0.185. The fourth-order valence-corrected chi connectivity index (χ4v) is 1.75. The zero-order chi connectivity index (χ0) is 14.4. The molecule has 5 heteroatoms. The molecule has 0 aromatic heterocycles. The van der Waals surface area contributed by atoms with Gasteiger partial charge in [-0.3, -0.25) is 9.59 Å². The van der Waals surface area contributed by atoms with E-state index >= 15 is 0 Å². The van der Waals surface area contributed by atoms with Crippen molar-refractivity contribution in [1.82, 2.24) is 0 Å². The van der Waals surface area contributed by atoms with Crippen molar-refractivity contribution >= 4 is 34.8 Å². The number of carbonyl (C=O) groups excluding carboxylic acids is 2. The van der Waals surface area contributed by atoms with Gasteiger partial charge in [-0.2, -0.15) is 0 Å². The largest absolute Gasteiger partial charge is 0.326 e. The van der Waals surface area contributed by atoms with E-state index in [-0.39, 0.29) is 11.8 Å². The van der Waals surface area contributed by atoms with Gasteiger partial charge in [0, 0.05) is 19.0 Å². The monoisotopic (exact) mass is 282 g/mol. The lowest BCUT2D eigenvalue weighted by atomic mass is 10.1. The van der Waals surface area contributed by atoms with E-state index in [0.717, 1.165) is 6.42 Å². The first-order chi connectivity index (χ1) is 8.88. The van der Waals surface area contributed by atoms with Crippen LogP contribution in [0, 0.1) is 5.92 Å². The van der Waals surface area contributed by atoms with Crippen LogP contribution in [0.3, 0.4) is 0 Å². The van der Waals surface area contributed by atoms with Crippen LogP contribution in [0.2, 0.25) is 5.02 Å². The number of hydrogen-bond acceptors (Lipinski definition) is 2. The summed E-state index contributed by atoms with van der Waals surface area (Å²) in [7, 11) is 0. The van der Waals surface area contributed by atoms with Crippen LogP contribution < -0.4 is 10.6 Å². The highest BCUT2D eigenvalue weighted by atomic mass is 35.5. The third-order valence-corrected chi connectivity index (χ3v) is 2.83. The molecule has 1 rings (SSSR count). The number of halogens is 1. The smallest absolute Gasteiger partial charge is 0.224 e. The second-order valence-electron chi connectivity index (χ2n) is 4.86. The highest BCUT2D eigenvalue weighted by molar-refractivity contribution is 6.34. The van der Waals surface area contributed by atoms with Crippen LogP contribution in [0.1, 0.15) is 33.6 Å². The lowest BCUT2D eigenvalue weighted by molar-refractivity contribution is -0.116. The van der Waals surface area contributed by atoms with Crippen LogP contribution in [0.4, 0.5) is 11.4 Å². The zero-order valence-electron chi connectivity index (χ0n) is 11.4. The maximum absolute atomic E-state index is 11.7. The summed E-state index contributed by atoms with van der Waals surface area (Å²) < 4.78 is 0. The van der Waals surface area contributed by atoms with E-state index in [1.807, 2.05) is 0 Å². The maximum Gasteiger partial charge on any atom is 0.224 e. The van der Waals surface area contributed by atoms with Crippen LogP contribution in [-0.2, 0) is 9.59 Å². The van der Waals surface area contributed by atoms with Crippen molar-refractivity contribution in [3.05, 3.63) is 23.2 Å². The number of benzene rings is 1. The normalized spacial score (nSPS) is 10.4. The van der Waals surface area contributed by atoms with Crippen molar-refractivity contribution in [2.24, 2.45) is 5.92 Å². The molecule has 0 saturated carbocycles. The van der Waals surface area contributed by atoms with Gasteiger partial charge in [0.1, 0.15) is 0 Å². The average molecular weight is 283 g/mol. The summed E-state index contributed by atoms with van der Waals surface area (Å²) in [4.78, 5) is 22.6. The molecule has 2 amide bonds. The average Bonchev–Trinajstić information content (AvgIpc) is 2.29. The van der Waals surface area contributed by atoms with Gasteiger partial charge in [0.2, 0.25) is 11.8 Å². The number of hydrogen-bond donors (Lipinski definition) is 2. The topological polar surface area (TPSA) is 58.2 Å². The van der Waals surface area contributed by atoms with E-state index in [4.69, 9.17) is 11.6 Å². The molecule has 0 fully saturated rings. The van der Waals surface area contributed by atoms with Gasteiger partial charge in [-0.05, 0) is 30.5 Å². The summed E-state index contributed by atoms with van der Waals surface area (Å²) in [5, 5.41) is 5.79. The van der Waals surface area contributed by atoms with Gasteiger partial charge in [-0.25, -0.2) is 0 Å². The molecule has 0 radical (unpaired) electrons. The summed E-state index contributed by atoms with van der Waals surface area (Å²) >= 11 is 6.02. The molecule has 2 N–H and O–H groups in total. The van der Waals surface area contributed by atoms with Crippen LogP contribution in [0.15, 0.2) is 18.2 Å². The van der Waals surface area contributed by atoms with Crippen LogP contribution in [-0.4, -0.2) is 11.8 Å². The van der Waals surface area contributed by atoms with Crippen molar-refractivity contribution in [2.45, 2.75) is 33.6 Å². The molecule has 0 spiro atoms. The highest BCUT2D eigenvalue weighted by Crippen LogP contribution is 2.25. The summed E-state index contributed by atoms with van der Waals surface area (Å²) in [5.74, 6) is 0.282. The third kappa shape index (κ3) is 5.75. The Morgan fingerprint density at radius 1 is 1.26 bits per heavy atom. The molecule has 0 unspecified atom stereocenters. The maximum atomic E-state index is 11.7. The Balaban J connectivity index is 2.63. The quantitative estimate of drug-likeness (QED) is 0.865. The Bertz CT molecular complexity index is 473. The van der Waals surface area contributed by atoms with Crippen molar-refractivity contribution < 1.29 is 9.59 Å². The third-order valence-electron chi connectivity index (χ3n) is 2.51.